The summed E-state index contributed by atoms with van der Waals surface area (Å²) in [6, 6.07) is 16.1. The van der Waals surface area contributed by atoms with Gasteiger partial charge in [0.1, 0.15) is 17.7 Å². The zero-order valence-electron chi connectivity index (χ0n) is 20.3. The van der Waals surface area contributed by atoms with Gasteiger partial charge in [-0.25, -0.2) is 4.79 Å². The molecule has 0 saturated heterocycles. The van der Waals surface area contributed by atoms with Crippen molar-refractivity contribution in [2.75, 3.05) is 20.8 Å². The molecule has 0 aliphatic carbocycles. The SMILES string of the molecule is CCOC(=O)Cn1c(=NC(=O)c2cc3c(ccc4ccccc43)oc2=O)sc2cc(OC)c(OC)cc21. The van der Waals surface area contributed by atoms with Crippen molar-refractivity contribution in [2.24, 2.45) is 4.99 Å². The highest BCUT2D eigenvalue weighted by atomic mass is 32.1. The summed E-state index contributed by atoms with van der Waals surface area (Å²) in [5.74, 6) is -0.348. The van der Waals surface area contributed by atoms with Gasteiger partial charge in [0.25, 0.3) is 5.91 Å². The summed E-state index contributed by atoms with van der Waals surface area (Å²) in [4.78, 5) is 42.9. The number of nitrogens with zero attached hydrogens (tertiary/aromatic N) is 2. The molecular weight excluding hydrogens is 496 g/mol. The molecule has 10 heteroatoms. The fraction of sp³-hybridized carbons (Fsp3) is 0.185. The van der Waals surface area contributed by atoms with E-state index in [0.29, 0.717) is 32.7 Å². The minimum atomic E-state index is -0.794. The number of hydrogen-bond acceptors (Lipinski definition) is 8. The summed E-state index contributed by atoms with van der Waals surface area (Å²) in [6.07, 6.45) is 0. The van der Waals surface area contributed by atoms with Gasteiger partial charge in [-0.15, -0.1) is 0 Å². The largest absolute Gasteiger partial charge is 0.493 e. The summed E-state index contributed by atoms with van der Waals surface area (Å²) in [5, 5.41) is 2.41. The second-order valence-corrected chi connectivity index (χ2v) is 9.02. The molecule has 0 radical (unpaired) electrons. The zero-order chi connectivity index (χ0) is 26.1. The number of ether oxygens (including phenoxy) is 3. The molecule has 2 heterocycles. The summed E-state index contributed by atoms with van der Waals surface area (Å²) in [6.45, 7) is 1.72. The van der Waals surface area contributed by atoms with Crippen LogP contribution in [0.3, 0.4) is 0 Å². The number of carbonyl (C=O) groups excluding carboxylic acids is 2. The molecule has 0 spiro atoms. The summed E-state index contributed by atoms with van der Waals surface area (Å²) < 4.78 is 23.6. The molecule has 188 valence electrons. The van der Waals surface area contributed by atoms with Crippen LogP contribution in [0.25, 0.3) is 32.0 Å². The van der Waals surface area contributed by atoms with E-state index in [1.165, 1.54) is 31.6 Å². The lowest BCUT2D eigenvalue weighted by Gasteiger charge is -2.09. The fourth-order valence-corrected chi connectivity index (χ4v) is 5.18. The van der Waals surface area contributed by atoms with Crippen LogP contribution >= 0.6 is 11.3 Å². The third-order valence-corrected chi connectivity index (χ3v) is 6.89. The van der Waals surface area contributed by atoms with Crippen molar-refractivity contribution in [1.29, 1.82) is 0 Å². The Bertz CT molecular complexity index is 1810. The van der Waals surface area contributed by atoms with E-state index in [1.54, 1.807) is 29.7 Å². The third-order valence-electron chi connectivity index (χ3n) is 5.85. The van der Waals surface area contributed by atoms with Crippen LogP contribution in [0.15, 0.2) is 68.8 Å². The highest BCUT2D eigenvalue weighted by Gasteiger charge is 2.18. The quantitative estimate of drug-likeness (QED) is 0.187. The molecule has 9 nitrogen and oxygen atoms in total. The van der Waals surface area contributed by atoms with E-state index in [1.807, 2.05) is 30.3 Å². The van der Waals surface area contributed by atoms with Crippen molar-refractivity contribution < 1.29 is 28.2 Å². The highest BCUT2D eigenvalue weighted by molar-refractivity contribution is 7.16. The van der Waals surface area contributed by atoms with Gasteiger partial charge in [0, 0.05) is 17.5 Å². The van der Waals surface area contributed by atoms with Gasteiger partial charge in [-0.3, -0.25) is 9.59 Å². The standard InChI is InChI=1S/C27H22N2O7S/c1-4-35-24(30)14-29-19-12-21(33-2)22(34-3)13-23(19)37-27(29)28-25(31)18-11-17-16-8-6-5-7-15(16)9-10-20(17)36-26(18)32/h5-13H,4,14H2,1-3H3. The maximum absolute atomic E-state index is 13.3. The molecule has 5 aromatic rings. The predicted molar refractivity (Wildman–Crippen MR) is 139 cm³/mol. The lowest BCUT2D eigenvalue weighted by molar-refractivity contribution is -0.143. The van der Waals surface area contributed by atoms with Gasteiger partial charge in [0.15, 0.2) is 16.3 Å². The number of thiazole rings is 1. The number of methoxy groups -OCH3 is 2. The molecule has 1 amide bonds. The third kappa shape index (κ3) is 4.47. The average molecular weight is 519 g/mol. The zero-order valence-corrected chi connectivity index (χ0v) is 21.1. The number of carbonyl (C=O) groups is 2. The van der Waals surface area contributed by atoms with Gasteiger partial charge in [-0.1, -0.05) is 41.7 Å². The minimum absolute atomic E-state index is 0.188. The molecule has 0 unspecified atom stereocenters. The Balaban J connectivity index is 1.70. The van der Waals surface area contributed by atoms with Crippen molar-refractivity contribution in [3.05, 3.63) is 75.4 Å². The van der Waals surface area contributed by atoms with Crippen molar-refractivity contribution in [3.63, 3.8) is 0 Å². The molecule has 0 fully saturated rings. The summed E-state index contributed by atoms with van der Waals surface area (Å²) in [5.41, 5.74) is -0.0328. The maximum Gasteiger partial charge on any atom is 0.349 e. The van der Waals surface area contributed by atoms with Gasteiger partial charge < -0.3 is 23.2 Å². The van der Waals surface area contributed by atoms with E-state index in [9.17, 15) is 14.4 Å². The average Bonchev–Trinajstić information content (AvgIpc) is 3.22. The lowest BCUT2D eigenvalue weighted by atomic mass is 10.0. The molecule has 2 aromatic heterocycles. The van der Waals surface area contributed by atoms with Crippen LogP contribution in [-0.2, 0) is 16.1 Å². The number of amides is 1. The minimum Gasteiger partial charge on any atom is -0.493 e. The van der Waals surface area contributed by atoms with E-state index in [-0.39, 0.29) is 23.5 Å². The molecule has 37 heavy (non-hydrogen) atoms. The second kappa shape index (κ2) is 9.90. The Morgan fingerprint density at radius 3 is 2.51 bits per heavy atom. The van der Waals surface area contributed by atoms with Crippen LogP contribution in [0.2, 0.25) is 0 Å². The number of benzene rings is 3. The number of esters is 1. The van der Waals surface area contributed by atoms with Crippen molar-refractivity contribution in [2.45, 2.75) is 13.5 Å². The van der Waals surface area contributed by atoms with Gasteiger partial charge >= 0.3 is 11.6 Å². The van der Waals surface area contributed by atoms with Crippen molar-refractivity contribution >= 4 is 55.2 Å². The van der Waals surface area contributed by atoms with Crippen molar-refractivity contribution in [1.82, 2.24) is 4.57 Å². The number of fused-ring (bicyclic) bond motifs is 4. The monoisotopic (exact) mass is 518 g/mol. The molecular formula is C27H22N2O7S. The van der Waals surface area contributed by atoms with Gasteiger partial charge in [0.05, 0.1) is 31.0 Å². The molecule has 5 rings (SSSR count). The smallest absolute Gasteiger partial charge is 0.349 e. The normalized spacial score (nSPS) is 11.8. The number of rotatable bonds is 6. The molecule has 0 atom stereocenters. The predicted octanol–water partition coefficient (Wildman–Crippen LogP) is 4.28. The molecule has 0 saturated carbocycles. The Kier molecular flexibility index (Phi) is 6.49. The maximum atomic E-state index is 13.3. The first-order valence-electron chi connectivity index (χ1n) is 11.4. The van der Waals surface area contributed by atoms with E-state index >= 15 is 0 Å². The molecule has 0 N–H and O–H groups in total. The molecule has 0 aliphatic rings. The first-order chi connectivity index (χ1) is 17.9. The van der Waals surface area contributed by atoms with E-state index in [0.717, 1.165) is 10.8 Å². The molecule has 0 aliphatic heterocycles. The van der Waals surface area contributed by atoms with E-state index in [4.69, 9.17) is 18.6 Å². The molecule has 3 aromatic carbocycles. The van der Waals surface area contributed by atoms with Crippen LogP contribution in [0.4, 0.5) is 0 Å². The van der Waals surface area contributed by atoms with Crippen LogP contribution in [-0.4, -0.2) is 37.3 Å². The topological polar surface area (TPSA) is 109 Å². The van der Waals surface area contributed by atoms with E-state index < -0.39 is 17.5 Å². The van der Waals surface area contributed by atoms with Crippen molar-refractivity contribution in [3.8, 4) is 11.5 Å². The Labute approximate surface area is 214 Å². The van der Waals surface area contributed by atoms with Crippen LogP contribution in [0.1, 0.15) is 17.3 Å². The Morgan fingerprint density at radius 1 is 1.00 bits per heavy atom. The highest BCUT2D eigenvalue weighted by Crippen LogP contribution is 2.33. The van der Waals surface area contributed by atoms with Crippen LogP contribution in [0, 0.1) is 0 Å². The van der Waals surface area contributed by atoms with Crippen LogP contribution in [0.5, 0.6) is 11.5 Å². The van der Waals surface area contributed by atoms with Gasteiger partial charge in [-0.05, 0) is 29.8 Å². The fourth-order valence-electron chi connectivity index (χ4n) is 4.14. The van der Waals surface area contributed by atoms with Crippen LogP contribution < -0.4 is 19.9 Å². The number of hydrogen-bond donors (Lipinski definition) is 0. The Morgan fingerprint density at radius 2 is 1.76 bits per heavy atom. The first kappa shape index (κ1) is 24.3. The van der Waals surface area contributed by atoms with E-state index in [2.05, 4.69) is 4.99 Å². The Hall–Kier alpha value is -4.44. The second-order valence-electron chi connectivity index (χ2n) is 8.01. The lowest BCUT2D eigenvalue weighted by Crippen LogP contribution is -2.24. The first-order valence-corrected chi connectivity index (χ1v) is 12.2. The summed E-state index contributed by atoms with van der Waals surface area (Å²) in [7, 11) is 3.02. The number of aromatic nitrogens is 1. The summed E-state index contributed by atoms with van der Waals surface area (Å²) >= 11 is 1.17. The van der Waals surface area contributed by atoms with Gasteiger partial charge in [0.2, 0.25) is 0 Å². The van der Waals surface area contributed by atoms with Gasteiger partial charge in [-0.2, -0.15) is 4.99 Å². The molecule has 0 bridgehead atoms.